The third-order valence-corrected chi connectivity index (χ3v) is 4.01. The van der Waals surface area contributed by atoms with Crippen molar-refractivity contribution in [3.63, 3.8) is 0 Å². The summed E-state index contributed by atoms with van der Waals surface area (Å²) in [7, 11) is -0.816. The predicted octanol–water partition coefficient (Wildman–Crippen LogP) is 2.06. The molecule has 84 valence electrons. The Hall–Kier alpha value is -0.670. The Bertz CT molecular complexity index is 311. The number of benzene rings is 1. The van der Waals surface area contributed by atoms with Crippen LogP contribution in [0.15, 0.2) is 30.3 Å². The lowest BCUT2D eigenvalue weighted by Gasteiger charge is -2.13. The molecule has 0 heterocycles. The van der Waals surface area contributed by atoms with Crippen LogP contribution in [-0.4, -0.2) is 15.5 Å². The quantitative estimate of drug-likeness (QED) is 0.833. The summed E-state index contributed by atoms with van der Waals surface area (Å²) in [4.78, 5) is 0. The summed E-state index contributed by atoms with van der Waals surface area (Å²) in [6.07, 6.45) is 0.819. The maximum absolute atomic E-state index is 11.9. The van der Waals surface area contributed by atoms with Crippen LogP contribution in [0.25, 0.3) is 0 Å². The maximum atomic E-state index is 11.9. The normalized spacial score (nSPS) is 17.0. The van der Waals surface area contributed by atoms with E-state index in [9.17, 15) is 4.21 Å². The Kier molecular flexibility index (Phi) is 4.99. The Labute approximate surface area is 94.3 Å². The largest absolute Gasteiger partial charge is 0.328 e. The highest BCUT2D eigenvalue weighted by molar-refractivity contribution is 7.84. The van der Waals surface area contributed by atoms with Crippen LogP contribution < -0.4 is 5.73 Å². The molecule has 0 saturated heterocycles. The molecular formula is C12H19NOS. The van der Waals surface area contributed by atoms with Crippen molar-refractivity contribution < 1.29 is 4.21 Å². The van der Waals surface area contributed by atoms with Crippen molar-refractivity contribution in [1.29, 1.82) is 0 Å². The molecule has 0 aliphatic heterocycles. The van der Waals surface area contributed by atoms with Gasteiger partial charge in [0.25, 0.3) is 0 Å². The standard InChI is InChI=1S/C12H19NOS/c1-10(13)8-11(2)15(14)9-12-6-4-3-5-7-12/h3-7,10-11H,8-9,13H2,1-2H3. The molecule has 3 heteroatoms. The molecule has 0 aliphatic carbocycles. The first-order chi connectivity index (χ1) is 7.09. The average Bonchev–Trinajstić information content (AvgIpc) is 2.18. The van der Waals surface area contributed by atoms with Crippen LogP contribution in [0.1, 0.15) is 25.8 Å². The average molecular weight is 225 g/mol. The van der Waals surface area contributed by atoms with E-state index in [2.05, 4.69) is 0 Å². The van der Waals surface area contributed by atoms with Gasteiger partial charge < -0.3 is 5.73 Å². The molecule has 0 saturated carbocycles. The van der Waals surface area contributed by atoms with Gasteiger partial charge in [0.1, 0.15) is 0 Å². The number of hydrogen-bond acceptors (Lipinski definition) is 2. The topological polar surface area (TPSA) is 43.1 Å². The van der Waals surface area contributed by atoms with E-state index < -0.39 is 10.8 Å². The molecule has 1 aromatic rings. The van der Waals surface area contributed by atoms with E-state index in [4.69, 9.17) is 5.73 Å². The summed E-state index contributed by atoms with van der Waals surface area (Å²) >= 11 is 0. The van der Waals surface area contributed by atoms with Gasteiger partial charge in [-0.25, -0.2) is 0 Å². The molecule has 2 N–H and O–H groups in total. The van der Waals surface area contributed by atoms with Gasteiger partial charge in [-0.3, -0.25) is 4.21 Å². The molecule has 1 rings (SSSR count). The van der Waals surface area contributed by atoms with Crippen molar-refractivity contribution in [2.75, 3.05) is 0 Å². The van der Waals surface area contributed by atoms with Crippen molar-refractivity contribution in [3.05, 3.63) is 35.9 Å². The molecule has 3 atom stereocenters. The van der Waals surface area contributed by atoms with E-state index >= 15 is 0 Å². The highest BCUT2D eigenvalue weighted by Crippen LogP contribution is 2.10. The van der Waals surface area contributed by atoms with E-state index in [1.807, 2.05) is 44.2 Å². The lowest BCUT2D eigenvalue weighted by molar-refractivity contribution is 0.628. The summed E-state index contributed by atoms with van der Waals surface area (Å²) in [5.41, 5.74) is 6.82. The minimum absolute atomic E-state index is 0.125. The minimum Gasteiger partial charge on any atom is -0.328 e. The van der Waals surface area contributed by atoms with E-state index in [1.54, 1.807) is 0 Å². The maximum Gasteiger partial charge on any atom is 0.0488 e. The first kappa shape index (κ1) is 12.4. The van der Waals surface area contributed by atoms with E-state index in [-0.39, 0.29) is 11.3 Å². The Balaban J connectivity index is 2.49. The van der Waals surface area contributed by atoms with Crippen LogP contribution in [0.3, 0.4) is 0 Å². The number of hydrogen-bond donors (Lipinski definition) is 1. The molecule has 0 radical (unpaired) electrons. The fourth-order valence-corrected chi connectivity index (χ4v) is 2.84. The summed E-state index contributed by atoms with van der Waals surface area (Å²) in [6.45, 7) is 3.96. The summed E-state index contributed by atoms with van der Waals surface area (Å²) in [5, 5.41) is 0.171. The van der Waals surface area contributed by atoms with Crippen LogP contribution in [-0.2, 0) is 16.6 Å². The SMILES string of the molecule is CC(N)CC(C)S(=O)Cc1ccccc1. The zero-order chi connectivity index (χ0) is 11.3. The molecule has 15 heavy (non-hydrogen) atoms. The van der Waals surface area contributed by atoms with E-state index in [0.717, 1.165) is 12.0 Å². The zero-order valence-corrected chi connectivity index (χ0v) is 10.2. The molecule has 0 fully saturated rings. The smallest absolute Gasteiger partial charge is 0.0488 e. The highest BCUT2D eigenvalue weighted by Gasteiger charge is 2.13. The number of nitrogens with two attached hydrogens (primary N) is 1. The van der Waals surface area contributed by atoms with Crippen LogP contribution in [0.2, 0.25) is 0 Å². The van der Waals surface area contributed by atoms with Crippen LogP contribution in [0.5, 0.6) is 0 Å². The third kappa shape index (κ3) is 4.58. The van der Waals surface area contributed by atoms with Crippen molar-refractivity contribution in [2.24, 2.45) is 5.73 Å². The molecule has 2 nitrogen and oxygen atoms in total. The molecule has 3 unspecified atom stereocenters. The van der Waals surface area contributed by atoms with Gasteiger partial charge in [-0.05, 0) is 18.9 Å². The lowest BCUT2D eigenvalue weighted by Crippen LogP contribution is -2.24. The van der Waals surface area contributed by atoms with Crippen LogP contribution >= 0.6 is 0 Å². The summed E-state index contributed by atoms with van der Waals surface area (Å²) in [6, 6.07) is 10.1. The minimum atomic E-state index is -0.816. The van der Waals surface area contributed by atoms with Crippen molar-refractivity contribution >= 4 is 10.8 Å². The van der Waals surface area contributed by atoms with Crippen molar-refractivity contribution in [1.82, 2.24) is 0 Å². The Morgan fingerprint density at radius 2 is 1.87 bits per heavy atom. The van der Waals surface area contributed by atoms with Gasteiger partial charge in [0, 0.05) is 27.8 Å². The number of rotatable bonds is 5. The fraction of sp³-hybridized carbons (Fsp3) is 0.500. The highest BCUT2D eigenvalue weighted by atomic mass is 32.2. The first-order valence-corrected chi connectivity index (χ1v) is 6.64. The van der Waals surface area contributed by atoms with Gasteiger partial charge in [0.05, 0.1) is 0 Å². The monoisotopic (exact) mass is 225 g/mol. The second kappa shape index (κ2) is 6.03. The van der Waals surface area contributed by atoms with Gasteiger partial charge in [-0.2, -0.15) is 0 Å². The van der Waals surface area contributed by atoms with Crippen molar-refractivity contribution in [3.8, 4) is 0 Å². The Morgan fingerprint density at radius 3 is 2.40 bits per heavy atom. The van der Waals surface area contributed by atoms with E-state index in [1.165, 1.54) is 0 Å². The Morgan fingerprint density at radius 1 is 1.27 bits per heavy atom. The third-order valence-electron chi connectivity index (χ3n) is 2.30. The molecule has 1 aromatic carbocycles. The van der Waals surface area contributed by atoms with Crippen molar-refractivity contribution in [2.45, 2.75) is 37.3 Å². The van der Waals surface area contributed by atoms with E-state index in [0.29, 0.717) is 5.75 Å². The molecule has 0 spiro atoms. The second-order valence-electron chi connectivity index (χ2n) is 4.03. The van der Waals surface area contributed by atoms with Gasteiger partial charge >= 0.3 is 0 Å². The molecule has 0 aromatic heterocycles. The lowest BCUT2D eigenvalue weighted by atomic mass is 10.2. The molecular weight excluding hydrogens is 206 g/mol. The fourth-order valence-electron chi connectivity index (χ4n) is 1.51. The van der Waals surface area contributed by atoms with Gasteiger partial charge in [0.15, 0.2) is 0 Å². The summed E-state index contributed by atoms with van der Waals surface area (Å²) < 4.78 is 11.9. The van der Waals surface area contributed by atoms with Gasteiger partial charge in [-0.15, -0.1) is 0 Å². The van der Waals surface area contributed by atoms with Gasteiger partial charge in [0.2, 0.25) is 0 Å². The predicted molar refractivity (Wildman–Crippen MR) is 66.0 cm³/mol. The zero-order valence-electron chi connectivity index (χ0n) is 9.35. The van der Waals surface area contributed by atoms with Gasteiger partial charge in [-0.1, -0.05) is 37.3 Å². The second-order valence-corrected chi connectivity index (χ2v) is 5.89. The molecule has 0 aliphatic rings. The first-order valence-electron chi connectivity index (χ1n) is 5.26. The van der Waals surface area contributed by atoms with Crippen LogP contribution in [0.4, 0.5) is 0 Å². The molecule has 0 bridgehead atoms. The van der Waals surface area contributed by atoms with Crippen LogP contribution in [0, 0.1) is 0 Å². The summed E-state index contributed by atoms with van der Waals surface area (Å²) in [5.74, 6) is 0.634. The molecule has 0 amide bonds.